The second-order valence-electron chi connectivity index (χ2n) is 8.66. The van der Waals surface area contributed by atoms with Gasteiger partial charge < -0.3 is 19.7 Å². The summed E-state index contributed by atoms with van der Waals surface area (Å²) in [4.78, 5) is 41.2. The largest absolute Gasteiger partial charge is 0.468 e. The number of nitrogens with zero attached hydrogens (tertiary/aromatic N) is 1. The van der Waals surface area contributed by atoms with E-state index in [4.69, 9.17) is 9.47 Å². The number of esters is 2. The fourth-order valence-corrected chi connectivity index (χ4v) is 4.52. The van der Waals surface area contributed by atoms with Crippen LogP contribution in [0.25, 0.3) is 0 Å². The summed E-state index contributed by atoms with van der Waals surface area (Å²) >= 11 is 0. The van der Waals surface area contributed by atoms with Crippen LogP contribution in [0, 0.1) is 11.8 Å². The Morgan fingerprint density at radius 2 is 1.84 bits per heavy atom. The third-order valence-corrected chi connectivity index (χ3v) is 6.14. The number of ketones is 1. The summed E-state index contributed by atoms with van der Waals surface area (Å²) in [5, 5.41) is 3.27. The molecule has 3 rings (SSSR count). The molecule has 0 fully saturated rings. The van der Waals surface area contributed by atoms with E-state index >= 15 is 0 Å². The molecule has 0 saturated carbocycles. The molecule has 0 amide bonds. The molecular formula is C25H32N2O5. The highest BCUT2D eigenvalue weighted by atomic mass is 16.5. The summed E-state index contributed by atoms with van der Waals surface area (Å²) in [6, 6.07) is 7.76. The fraction of sp³-hybridized carbons (Fsp3) is 0.480. The van der Waals surface area contributed by atoms with Crippen molar-refractivity contribution in [3.05, 3.63) is 52.4 Å². The van der Waals surface area contributed by atoms with E-state index in [-0.39, 0.29) is 11.7 Å². The summed E-state index contributed by atoms with van der Waals surface area (Å²) in [5.41, 5.74) is 4.09. The molecule has 1 aromatic rings. The van der Waals surface area contributed by atoms with E-state index in [0.717, 1.165) is 16.9 Å². The lowest BCUT2D eigenvalue weighted by molar-refractivity contribution is -0.151. The third-order valence-electron chi connectivity index (χ3n) is 6.14. The number of nitrogens with one attached hydrogen (secondary N) is 1. The van der Waals surface area contributed by atoms with Gasteiger partial charge in [0.25, 0.3) is 0 Å². The van der Waals surface area contributed by atoms with Crippen molar-refractivity contribution in [1.82, 2.24) is 5.32 Å². The molecule has 0 saturated heterocycles. The van der Waals surface area contributed by atoms with Gasteiger partial charge >= 0.3 is 11.9 Å². The number of carbonyl (C=O) groups excluding carboxylic acids is 3. The number of ether oxygens (including phenoxy) is 2. The highest BCUT2D eigenvalue weighted by Crippen LogP contribution is 2.45. The third kappa shape index (κ3) is 4.29. The Morgan fingerprint density at radius 1 is 1.19 bits per heavy atom. The molecule has 172 valence electrons. The van der Waals surface area contributed by atoms with Crippen molar-refractivity contribution in [3.63, 3.8) is 0 Å². The van der Waals surface area contributed by atoms with E-state index in [1.807, 2.05) is 64.0 Å². The van der Waals surface area contributed by atoms with Gasteiger partial charge in [0.2, 0.25) is 0 Å². The maximum Gasteiger partial charge on any atom is 0.336 e. The summed E-state index contributed by atoms with van der Waals surface area (Å²) in [5.74, 6) is -3.01. The van der Waals surface area contributed by atoms with Crippen LogP contribution in [0.1, 0.15) is 45.1 Å². The Morgan fingerprint density at radius 3 is 2.41 bits per heavy atom. The number of rotatable bonds is 6. The van der Waals surface area contributed by atoms with Crippen LogP contribution >= 0.6 is 0 Å². The highest BCUT2D eigenvalue weighted by molar-refractivity contribution is 6.12. The second kappa shape index (κ2) is 9.59. The molecule has 0 spiro atoms. The summed E-state index contributed by atoms with van der Waals surface area (Å²) < 4.78 is 10.4. The van der Waals surface area contributed by atoms with Crippen LogP contribution in [0.2, 0.25) is 0 Å². The molecule has 0 bridgehead atoms. The van der Waals surface area contributed by atoms with Crippen molar-refractivity contribution in [3.8, 4) is 0 Å². The standard InChI is InChI=1S/C25H32N2O5/c1-7-12-32-25(30)20-15(3)26-18-13-14(2)19(24(29)31-6)23(28)22(18)21(20)16-8-10-17(11-9-16)27(4)5/h8-11,14,19,21,26H,7,12-13H2,1-6H3/t14-,19-,21+/m1/s1. The van der Waals surface area contributed by atoms with Crippen molar-refractivity contribution in [2.75, 3.05) is 32.7 Å². The van der Waals surface area contributed by atoms with Crippen LogP contribution in [0.15, 0.2) is 46.8 Å². The van der Waals surface area contributed by atoms with Gasteiger partial charge in [0, 0.05) is 42.7 Å². The second-order valence-corrected chi connectivity index (χ2v) is 8.66. The molecule has 0 radical (unpaired) electrons. The van der Waals surface area contributed by atoms with E-state index < -0.39 is 23.8 Å². The Labute approximate surface area is 189 Å². The molecule has 3 atom stereocenters. The molecule has 0 aromatic heterocycles. The molecule has 7 nitrogen and oxygen atoms in total. The van der Waals surface area contributed by atoms with Gasteiger partial charge in [-0.15, -0.1) is 0 Å². The van der Waals surface area contributed by atoms with Crippen molar-refractivity contribution < 1.29 is 23.9 Å². The van der Waals surface area contributed by atoms with Crippen molar-refractivity contribution >= 4 is 23.4 Å². The Kier molecular flexibility index (Phi) is 7.06. The molecule has 7 heteroatoms. The number of carbonyl (C=O) groups is 3. The fourth-order valence-electron chi connectivity index (χ4n) is 4.52. The predicted molar refractivity (Wildman–Crippen MR) is 122 cm³/mol. The van der Waals surface area contributed by atoms with Crippen molar-refractivity contribution in [2.24, 2.45) is 11.8 Å². The van der Waals surface area contributed by atoms with Crippen LogP contribution in [0.5, 0.6) is 0 Å². The summed E-state index contributed by atoms with van der Waals surface area (Å²) in [6.45, 7) is 5.92. The van der Waals surface area contributed by atoms with Gasteiger partial charge in [-0.25, -0.2) is 4.79 Å². The molecule has 1 aliphatic carbocycles. The van der Waals surface area contributed by atoms with Gasteiger partial charge in [0.15, 0.2) is 5.78 Å². The zero-order valence-electron chi connectivity index (χ0n) is 19.7. The molecule has 2 aliphatic rings. The van der Waals surface area contributed by atoms with Crippen LogP contribution in [-0.2, 0) is 23.9 Å². The maximum atomic E-state index is 13.6. The number of dihydropyridines is 1. The minimum absolute atomic E-state index is 0.209. The van der Waals surface area contributed by atoms with Gasteiger partial charge in [-0.05, 0) is 43.4 Å². The monoisotopic (exact) mass is 440 g/mol. The van der Waals surface area contributed by atoms with Gasteiger partial charge in [0.1, 0.15) is 5.92 Å². The lowest BCUT2D eigenvalue weighted by atomic mass is 9.69. The molecule has 1 aromatic carbocycles. The van der Waals surface area contributed by atoms with E-state index in [2.05, 4.69) is 5.32 Å². The molecule has 1 aliphatic heterocycles. The lowest BCUT2D eigenvalue weighted by Crippen LogP contribution is -2.43. The summed E-state index contributed by atoms with van der Waals surface area (Å²) in [7, 11) is 5.19. The minimum atomic E-state index is -0.893. The minimum Gasteiger partial charge on any atom is -0.468 e. The predicted octanol–water partition coefficient (Wildman–Crippen LogP) is 3.32. The topological polar surface area (TPSA) is 84.9 Å². The van der Waals surface area contributed by atoms with E-state index in [1.54, 1.807) is 0 Å². The van der Waals surface area contributed by atoms with Gasteiger partial charge in [0.05, 0.1) is 19.3 Å². The normalized spacial score (nSPS) is 22.8. The van der Waals surface area contributed by atoms with E-state index in [9.17, 15) is 14.4 Å². The number of hydrogen-bond donors (Lipinski definition) is 1. The Hall–Kier alpha value is -3.09. The highest BCUT2D eigenvalue weighted by Gasteiger charge is 2.47. The first kappa shape index (κ1) is 23.6. The average Bonchev–Trinajstić information content (AvgIpc) is 2.76. The average molecular weight is 441 g/mol. The first-order valence-corrected chi connectivity index (χ1v) is 11.0. The van der Waals surface area contributed by atoms with Gasteiger partial charge in [-0.3, -0.25) is 9.59 Å². The number of hydrogen-bond acceptors (Lipinski definition) is 7. The number of Topliss-reactive ketones (excluding diaryl/α,β-unsaturated/α-hetero) is 1. The SMILES string of the molecule is CCCOC(=O)C1=C(C)NC2=C(C(=O)[C@H](C(=O)OC)[C@H](C)C2)[C@H]1c1ccc(N(C)C)cc1. The lowest BCUT2D eigenvalue weighted by Gasteiger charge is -2.38. The Bertz CT molecular complexity index is 975. The van der Waals surface area contributed by atoms with Crippen LogP contribution in [0.3, 0.4) is 0 Å². The molecule has 0 unspecified atom stereocenters. The molecule has 1 heterocycles. The zero-order chi connectivity index (χ0) is 23.6. The maximum absolute atomic E-state index is 13.6. The first-order valence-electron chi connectivity index (χ1n) is 11.0. The zero-order valence-corrected chi connectivity index (χ0v) is 19.7. The first-order chi connectivity index (χ1) is 15.2. The van der Waals surface area contributed by atoms with Gasteiger partial charge in [-0.2, -0.15) is 0 Å². The molecular weight excluding hydrogens is 408 g/mol. The van der Waals surface area contributed by atoms with Crippen molar-refractivity contribution in [2.45, 2.75) is 39.5 Å². The smallest absolute Gasteiger partial charge is 0.336 e. The number of benzene rings is 1. The van der Waals surface area contributed by atoms with Crippen molar-refractivity contribution in [1.29, 1.82) is 0 Å². The van der Waals surface area contributed by atoms with Gasteiger partial charge in [-0.1, -0.05) is 26.0 Å². The van der Waals surface area contributed by atoms with Crippen LogP contribution < -0.4 is 10.2 Å². The van der Waals surface area contributed by atoms with E-state index in [1.165, 1.54) is 7.11 Å². The molecule has 1 N–H and O–H groups in total. The molecule has 32 heavy (non-hydrogen) atoms. The number of methoxy groups -OCH3 is 1. The summed E-state index contributed by atoms with van der Waals surface area (Å²) in [6.07, 6.45) is 1.21. The van der Waals surface area contributed by atoms with E-state index in [0.29, 0.717) is 36.3 Å². The quantitative estimate of drug-likeness (QED) is 0.537. The van der Waals surface area contributed by atoms with Crippen LogP contribution in [0.4, 0.5) is 5.69 Å². The number of anilines is 1. The number of allylic oxidation sites excluding steroid dienone is 3. The van der Waals surface area contributed by atoms with Crippen LogP contribution in [-0.4, -0.2) is 45.5 Å². The Balaban J connectivity index is 2.15.